The molecule has 0 spiro atoms. The third kappa shape index (κ3) is 6.09. The molecule has 0 aliphatic heterocycles. The molecule has 6 heteroatoms. The highest BCUT2D eigenvalue weighted by molar-refractivity contribution is 5.91. The first-order valence-electron chi connectivity index (χ1n) is 9.53. The molecule has 2 rings (SSSR count). The van der Waals surface area contributed by atoms with Crippen molar-refractivity contribution in [1.82, 2.24) is 4.90 Å². The van der Waals surface area contributed by atoms with E-state index in [2.05, 4.69) is 5.32 Å². The second kappa shape index (κ2) is 10.5. The van der Waals surface area contributed by atoms with Gasteiger partial charge in [-0.2, -0.15) is 0 Å². The maximum Gasteiger partial charge on any atom is 0.280 e. The van der Waals surface area contributed by atoms with Crippen LogP contribution in [0.4, 0.5) is 5.69 Å². The molecule has 2 atom stereocenters. The van der Waals surface area contributed by atoms with Crippen LogP contribution < -0.4 is 15.0 Å². The molecular formula is C22H30N3O3+. The Kier molecular flexibility index (Phi) is 8.02. The second-order valence-electron chi connectivity index (χ2n) is 6.86. The fraction of sp³-hybridized carbons (Fsp3) is 0.364. The van der Waals surface area contributed by atoms with Gasteiger partial charge < -0.3 is 19.9 Å². The lowest BCUT2D eigenvalue weighted by Gasteiger charge is -2.27. The summed E-state index contributed by atoms with van der Waals surface area (Å²) < 4.78 is 5.17. The number of quaternary nitrogens is 1. The van der Waals surface area contributed by atoms with Gasteiger partial charge in [0, 0.05) is 24.8 Å². The molecule has 0 heterocycles. The Morgan fingerprint density at radius 3 is 2.50 bits per heavy atom. The third-order valence-corrected chi connectivity index (χ3v) is 4.81. The van der Waals surface area contributed by atoms with Gasteiger partial charge in [0.25, 0.3) is 11.8 Å². The van der Waals surface area contributed by atoms with Crippen molar-refractivity contribution in [2.75, 3.05) is 32.6 Å². The maximum atomic E-state index is 12.9. The van der Waals surface area contributed by atoms with E-state index in [9.17, 15) is 9.59 Å². The molecule has 0 saturated heterocycles. The minimum absolute atomic E-state index is 0.0398. The third-order valence-electron chi connectivity index (χ3n) is 4.81. The largest absolute Gasteiger partial charge is 0.497 e. The van der Waals surface area contributed by atoms with Gasteiger partial charge >= 0.3 is 0 Å². The number of nitrogens with one attached hydrogen (secondary N) is 2. The minimum atomic E-state index is -0.320. The summed E-state index contributed by atoms with van der Waals surface area (Å²) in [5.41, 5.74) is 1.77. The number of ether oxygens (including phenoxy) is 1. The fourth-order valence-electron chi connectivity index (χ4n) is 2.95. The first-order valence-corrected chi connectivity index (χ1v) is 9.53. The molecule has 2 aromatic rings. The Hall–Kier alpha value is -2.86. The number of methoxy groups -OCH3 is 1. The van der Waals surface area contributed by atoms with Gasteiger partial charge in [-0.05, 0) is 31.5 Å². The number of hydrogen-bond donors (Lipinski definition) is 2. The van der Waals surface area contributed by atoms with Crippen LogP contribution in [0.3, 0.4) is 0 Å². The number of rotatable bonds is 9. The minimum Gasteiger partial charge on any atom is -0.497 e. The molecule has 0 aliphatic carbocycles. The summed E-state index contributed by atoms with van der Waals surface area (Å²) >= 11 is 0. The van der Waals surface area contributed by atoms with Crippen LogP contribution in [0.5, 0.6) is 5.75 Å². The highest BCUT2D eigenvalue weighted by atomic mass is 16.5. The number of carbonyl (C=O) groups excluding carboxylic acids is 2. The lowest BCUT2D eigenvalue weighted by Crippen LogP contribution is -3.15. The molecule has 0 bridgehead atoms. The zero-order valence-corrected chi connectivity index (χ0v) is 17.1. The molecule has 0 aliphatic rings. The number of amides is 2. The number of carbonyl (C=O) groups is 2. The van der Waals surface area contributed by atoms with Gasteiger partial charge in [0.15, 0.2) is 12.6 Å². The van der Waals surface area contributed by atoms with Crippen LogP contribution in [0, 0.1) is 0 Å². The maximum absolute atomic E-state index is 12.9. The monoisotopic (exact) mass is 384 g/mol. The van der Waals surface area contributed by atoms with Crippen molar-refractivity contribution in [3.05, 3.63) is 60.2 Å². The van der Waals surface area contributed by atoms with Crippen molar-refractivity contribution in [3.8, 4) is 5.75 Å². The molecule has 1 unspecified atom stereocenters. The molecule has 2 N–H and O–H groups in total. The summed E-state index contributed by atoms with van der Waals surface area (Å²) in [6.45, 7) is 5.24. The SMILES string of the molecule is CCN(Cc1ccccc1)C(=O)[C@H](C)[NH+](C)CC(=O)Nc1cccc(OC)c1. The van der Waals surface area contributed by atoms with Gasteiger partial charge in [-0.15, -0.1) is 0 Å². The van der Waals surface area contributed by atoms with Gasteiger partial charge in [-0.25, -0.2) is 0 Å². The van der Waals surface area contributed by atoms with Crippen LogP contribution in [0.15, 0.2) is 54.6 Å². The zero-order chi connectivity index (χ0) is 20.5. The van der Waals surface area contributed by atoms with Gasteiger partial charge in [-0.1, -0.05) is 36.4 Å². The van der Waals surface area contributed by atoms with Crippen molar-refractivity contribution < 1.29 is 19.2 Å². The molecule has 6 nitrogen and oxygen atoms in total. The van der Waals surface area contributed by atoms with E-state index in [0.717, 1.165) is 10.5 Å². The average molecular weight is 385 g/mol. The molecule has 2 amide bonds. The second-order valence-corrected chi connectivity index (χ2v) is 6.86. The van der Waals surface area contributed by atoms with E-state index in [1.54, 1.807) is 13.2 Å². The molecule has 2 aromatic carbocycles. The smallest absolute Gasteiger partial charge is 0.280 e. The van der Waals surface area contributed by atoms with Crippen LogP contribution in [-0.4, -0.2) is 50.0 Å². The van der Waals surface area contributed by atoms with Crippen LogP contribution in [0.1, 0.15) is 19.4 Å². The van der Waals surface area contributed by atoms with Gasteiger partial charge in [0.2, 0.25) is 0 Å². The van der Waals surface area contributed by atoms with Gasteiger partial charge in [0.05, 0.1) is 14.2 Å². The Labute approximate surface area is 167 Å². The first kappa shape index (κ1) is 21.4. The number of anilines is 1. The Morgan fingerprint density at radius 1 is 1.14 bits per heavy atom. The van der Waals surface area contributed by atoms with Gasteiger partial charge in [-0.3, -0.25) is 9.59 Å². The van der Waals surface area contributed by atoms with Crippen molar-refractivity contribution in [3.63, 3.8) is 0 Å². The number of nitrogens with zero attached hydrogens (tertiary/aromatic N) is 1. The zero-order valence-electron chi connectivity index (χ0n) is 17.1. The lowest BCUT2D eigenvalue weighted by atomic mass is 10.2. The highest BCUT2D eigenvalue weighted by Gasteiger charge is 2.27. The van der Waals surface area contributed by atoms with E-state index >= 15 is 0 Å². The van der Waals surface area contributed by atoms with Gasteiger partial charge in [0.1, 0.15) is 5.75 Å². The summed E-state index contributed by atoms with van der Waals surface area (Å²) in [6.07, 6.45) is 0. The quantitative estimate of drug-likeness (QED) is 0.690. The van der Waals surface area contributed by atoms with E-state index in [1.807, 2.05) is 74.3 Å². The summed E-state index contributed by atoms with van der Waals surface area (Å²) in [6, 6.07) is 16.8. The van der Waals surface area contributed by atoms with Crippen LogP contribution in [-0.2, 0) is 16.1 Å². The molecule has 0 radical (unpaired) electrons. The Bertz CT molecular complexity index is 780. The first-order chi connectivity index (χ1) is 13.4. The van der Waals surface area contributed by atoms with E-state index in [4.69, 9.17) is 4.74 Å². The van der Waals surface area contributed by atoms with Crippen molar-refractivity contribution in [2.45, 2.75) is 26.4 Å². The summed E-state index contributed by atoms with van der Waals surface area (Å²) in [7, 11) is 3.45. The molecule has 0 fully saturated rings. The summed E-state index contributed by atoms with van der Waals surface area (Å²) in [5.74, 6) is 0.580. The van der Waals surface area contributed by atoms with E-state index in [0.29, 0.717) is 24.5 Å². The fourth-order valence-corrected chi connectivity index (χ4v) is 2.95. The molecule has 150 valence electrons. The van der Waals surface area contributed by atoms with E-state index in [-0.39, 0.29) is 24.4 Å². The lowest BCUT2D eigenvalue weighted by molar-refractivity contribution is -0.886. The topological polar surface area (TPSA) is 63.1 Å². The molecular weight excluding hydrogens is 354 g/mol. The number of hydrogen-bond acceptors (Lipinski definition) is 3. The molecule has 0 saturated carbocycles. The van der Waals surface area contributed by atoms with Crippen LogP contribution in [0.2, 0.25) is 0 Å². The van der Waals surface area contributed by atoms with E-state index in [1.165, 1.54) is 0 Å². The Morgan fingerprint density at radius 2 is 1.86 bits per heavy atom. The van der Waals surface area contributed by atoms with Crippen LogP contribution in [0.25, 0.3) is 0 Å². The normalized spacial score (nSPS) is 12.7. The van der Waals surface area contributed by atoms with Crippen molar-refractivity contribution >= 4 is 17.5 Å². The van der Waals surface area contributed by atoms with Crippen molar-refractivity contribution in [1.29, 1.82) is 0 Å². The van der Waals surface area contributed by atoms with Crippen LogP contribution >= 0.6 is 0 Å². The van der Waals surface area contributed by atoms with E-state index < -0.39 is 0 Å². The standard InChI is InChI=1S/C22H29N3O3/c1-5-25(15-18-10-7-6-8-11-18)22(27)17(2)24(3)16-21(26)23-19-12-9-13-20(14-19)28-4/h6-14,17H,5,15-16H2,1-4H3,(H,23,26)/p+1/t17-/m0/s1. The predicted octanol–water partition coefficient (Wildman–Crippen LogP) is 1.59. The average Bonchev–Trinajstić information content (AvgIpc) is 2.71. The van der Waals surface area contributed by atoms with Crippen molar-refractivity contribution in [2.24, 2.45) is 0 Å². The molecule has 0 aromatic heterocycles. The predicted molar refractivity (Wildman–Crippen MR) is 110 cm³/mol. The Balaban J connectivity index is 1.93. The number of likely N-dealkylation sites (N-methyl/N-ethyl adjacent to an activating group) is 2. The summed E-state index contributed by atoms with van der Waals surface area (Å²) in [4.78, 5) is 27.9. The number of benzene rings is 2. The highest BCUT2D eigenvalue weighted by Crippen LogP contribution is 2.16. The molecule has 28 heavy (non-hydrogen) atoms. The summed E-state index contributed by atoms with van der Waals surface area (Å²) in [5, 5.41) is 2.86.